The van der Waals surface area contributed by atoms with Gasteiger partial charge < -0.3 is 14.4 Å². The van der Waals surface area contributed by atoms with Crippen molar-refractivity contribution in [3.05, 3.63) is 52.0 Å². The van der Waals surface area contributed by atoms with Crippen LogP contribution in [0.5, 0.6) is 5.88 Å². The molecule has 0 N–H and O–H groups in total. The first-order valence-electron chi connectivity index (χ1n) is 11.3. The Labute approximate surface area is 188 Å². The lowest BCUT2D eigenvalue weighted by atomic mass is 9.94. The summed E-state index contributed by atoms with van der Waals surface area (Å²) in [5, 5.41) is 9.72. The van der Waals surface area contributed by atoms with E-state index in [-0.39, 0.29) is 24.3 Å². The van der Waals surface area contributed by atoms with Crippen molar-refractivity contribution in [3.63, 3.8) is 0 Å². The Morgan fingerprint density at radius 3 is 2.88 bits per heavy atom. The van der Waals surface area contributed by atoms with Gasteiger partial charge in [0.2, 0.25) is 5.88 Å². The molecule has 0 saturated heterocycles. The van der Waals surface area contributed by atoms with E-state index in [1.165, 1.54) is 6.42 Å². The highest BCUT2D eigenvalue weighted by atomic mass is 19.1. The van der Waals surface area contributed by atoms with Gasteiger partial charge in [0, 0.05) is 25.6 Å². The summed E-state index contributed by atoms with van der Waals surface area (Å²) in [5.41, 5.74) is 4.09. The van der Waals surface area contributed by atoms with Crippen LogP contribution in [0, 0.1) is 24.1 Å². The second-order valence-corrected chi connectivity index (χ2v) is 8.38. The van der Waals surface area contributed by atoms with Crippen molar-refractivity contribution >= 4 is 11.7 Å². The van der Waals surface area contributed by atoms with Gasteiger partial charge in [0.1, 0.15) is 18.0 Å². The highest BCUT2D eigenvalue weighted by Crippen LogP contribution is 2.34. The maximum atomic E-state index is 15.1. The molecule has 1 fully saturated rings. The molecular weight excluding hydrogens is 409 g/mol. The molecular formula is C25H28FN3O3. The predicted molar refractivity (Wildman–Crippen MR) is 118 cm³/mol. The van der Waals surface area contributed by atoms with E-state index in [1.54, 1.807) is 13.0 Å². The van der Waals surface area contributed by atoms with Crippen LogP contribution in [0.3, 0.4) is 0 Å². The summed E-state index contributed by atoms with van der Waals surface area (Å²) >= 11 is 0. The van der Waals surface area contributed by atoms with E-state index in [0.717, 1.165) is 24.1 Å². The number of esters is 1. The number of benzene rings is 1. The summed E-state index contributed by atoms with van der Waals surface area (Å²) in [6.07, 6.45) is 4.46. The van der Waals surface area contributed by atoms with Gasteiger partial charge in [-0.1, -0.05) is 12.1 Å². The van der Waals surface area contributed by atoms with Crippen LogP contribution in [0.1, 0.15) is 60.6 Å². The lowest BCUT2D eigenvalue weighted by molar-refractivity contribution is -0.143. The molecule has 6 nitrogen and oxygen atoms in total. The third-order valence-corrected chi connectivity index (χ3v) is 6.27. The van der Waals surface area contributed by atoms with Gasteiger partial charge in [-0.15, -0.1) is 0 Å². The highest BCUT2D eigenvalue weighted by molar-refractivity contribution is 5.69. The van der Waals surface area contributed by atoms with Gasteiger partial charge in [-0.25, -0.2) is 9.37 Å². The third-order valence-electron chi connectivity index (χ3n) is 6.27. The molecule has 1 aromatic heterocycles. The van der Waals surface area contributed by atoms with Crippen LogP contribution < -0.4 is 9.64 Å². The fraction of sp³-hybridized carbons (Fsp3) is 0.480. The molecule has 7 heteroatoms. The van der Waals surface area contributed by atoms with Crippen molar-refractivity contribution in [1.29, 1.82) is 5.26 Å². The number of hydrogen-bond donors (Lipinski definition) is 0. The summed E-state index contributed by atoms with van der Waals surface area (Å²) < 4.78 is 26.1. The van der Waals surface area contributed by atoms with E-state index < -0.39 is 0 Å². The van der Waals surface area contributed by atoms with Crippen molar-refractivity contribution in [3.8, 4) is 11.9 Å². The molecule has 4 rings (SSSR count). The number of rotatable bonds is 7. The van der Waals surface area contributed by atoms with Crippen LogP contribution in [0.25, 0.3) is 0 Å². The second-order valence-electron chi connectivity index (χ2n) is 8.38. The van der Waals surface area contributed by atoms with Crippen LogP contribution in [0.4, 0.5) is 10.1 Å². The molecule has 2 aliphatic rings. The zero-order valence-corrected chi connectivity index (χ0v) is 18.6. The van der Waals surface area contributed by atoms with Crippen LogP contribution in [0.15, 0.2) is 18.2 Å². The largest absolute Gasteiger partial charge is 0.474 e. The number of anilines is 1. The average Bonchev–Trinajstić information content (AvgIpc) is 2.75. The lowest BCUT2D eigenvalue weighted by Gasteiger charge is -2.33. The minimum Gasteiger partial charge on any atom is -0.474 e. The Hall–Kier alpha value is -3.14. The topological polar surface area (TPSA) is 75.4 Å². The summed E-state index contributed by atoms with van der Waals surface area (Å²) in [6.45, 7) is 5.00. The number of pyridine rings is 1. The molecule has 168 valence electrons. The lowest BCUT2D eigenvalue weighted by Crippen LogP contribution is -2.32. The van der Waals surface area contributed by atoms with Crippen molar-refractivity contribution in [2.75, 3.05) is 18.1 Å². The number of ether oxygens (including phenoxy) is 2. The van der Waals surface area contributed by atoms with Gasteiger partial charge in [-0.05, 0) is 62.6 Å². The number of carbonyl (C=O) groups excluding carboxylic acids is 1. The first kappa shape index (κ1) is 22.1. The number of halogens is 1. The number of hydrogen-bond acceptors (Lipinski definition) is 6. The SMILES string of the molecule is CCOC(=O)CCc1ccc2c(c1F)CCN(c1cc(OC3CCC3)nc(C)c1C#N)C2. The molecule has 0 radical (unpaired) electrons. The number of aryl methyl sites for hydroxylation is 2. The van der Waals surface area contributed by atoms with Crippen LogP contribution in [-0.4, -0.2) is 30.2 Å². The molecule has 32 heavy (non-hydrogen) atoms. The van der Waals surface area contributed by atoms with E-state index >= 15 is 4.39 Å². The van der Waals surface area contributed by atoms with Gasteiger partial charge in [-0.3, -0.25) is 4.79 Å². The van der Waals surface area contributed by atoms with Crippen LogP contribution >= 0.6 is 0 Å². The van der Waals surface area contributed by atoms with Crippen molar-refractivity contribution in [1.82, 2.24) is 4.98 Å². The summed E-state index contributed by atoms with van der Waals surface area (Å²) in [5.74, 6) is 0.00664. The molecule has 0 bridgehead atoms. The smallest absolute Gasteiger partial charge is 0.306 e. The van der Waals surface area contributed by atoms with Gasteiger partial charge in [-0.2, -0.15) is 5.26 Å². The monoisotopic (exact) mass is 437 g/mol. The highest BCUT2D eigenvalue weighted by Gasteiger charge is 2.26. The van der Waals surface area contributed by atoms with Crippen LogP contribution in [0.2, 0.25) is 0 Å². The van der Waals surface area contributed by atoms with E-state index in [2.05, 4.69) is 16.0 Å². The number of fused-ring (bicyclic) bond motifs is 1. The second kappa shape index (κ2) is 9.56. The molecule has 0 unspecified atom stereocenters. The Bertz CT molecular complexity index is 1060. The zero-order valence-electron chi connectivity index (χ0n) is 18.6. The number of nitrogens with zero attached hydrogens (tertiary/aromatic N) is 3. The van der Waals surface area contributed by atoms with E-state index in [1.807, 2.05) is 19.1 Å². The van der Waals surface area contributed by atoms with Gasteiger partial charge in [0.05, 0.1) is 23.6 Å². The first-order chi connectivity index (χ1) is 15.5. The minimum absolute atomic E-state index is 0.168. The molecule has 1 aliphatic carbocycles. The molecule has 1 saturated carbocycles. The Kier molecular flexibility index (Phi) is 6.59. The van der Waals surface area contributed by atoms with Crippen molar-refractivity contribution in [2.45, 2.75) is 65.0 Å². The van der Waals surface area contributed by atoms with E-state index in [9.17, 15) is 10.1 Å². The number of carbonyl (C=O) groups is 1. The van der Waals surface area contributed by atoms with Crippen molar-refractivity contribution in [2.24, 2.45) is 0 Å². The Morgan fingerprint density at radius 1 is 1.38 bits per heavy atom. The molecule has 0 atom stereocenters. The van der Waals surface area contributed by atoms with Gasteiger partial charge >= 0.3 is 5.97 Å². The summed E-state index contributed by atoms with van der Waals surface area (Å²) in [6, 6.07) is 7.80. The number of nitriles is 1. The quantitative estimate of drug-likeness (QED) is 0.598. The zero-order chi connectivity index (χ0) is 22.7. The molecule has 0 spiro atoms. The Morgan fingerprint density at radius 2 is 2.19 bits per heavy atom. The first-order valence-corrected chi connectivity index (χ1v) is 11.3. The normalized spacial score (nSPS) is 15.5. The van der Waals surface area contributed by atoms with Crippen molar-refractivity contribution < 1.29 is 18.7 Å². The molecule has 2 heterocycles. The maximum Gasteiger partial charge on any atom is 0.306 e. The average molecular weight is 438 g/mol. The minimum atomic E-state index is -0.312. The number of aromatic nitrogens is 1. The van der Waals surface area contributed by atoms with Gasteiger partial charge in [0.15, 0.2) is 0 Å². The summed E-state index contributed by atoms with van der Waals surface area (Å²) in [4.78, 5) is 18.2. The van der Waals surface area contributed by atoms with Gasteiger partial charge in [0.25, 0.3) is 0 Å². The van der Waals surface area contributed by atoms with Crippen LogP contribution in [-0.2, 0) is 28.9 Å². The summed E-state index contributed by atoms with van der Waals surface area (Å²) in [7, 11) is 0. The predicted octanol–water partition coefficient (Wildman–Crippen LogP) is 4.39. The fourth-order valence-corrected chi connectivity index (χ4v) is 4.26. The maximum absolute atomic E-state index is 15.1. The fourth-order valence-electron chi connectivity index (χ4n) is 4.26. The molecule has 1 aliphatic heterocycles. The molecule has 1 aromatic carbocycles. The molecule has 2 aromatic rings. The third kappa shape index (κ3) is 4.55. The Balaban J connectivity index is 1.54. The van der Waals surface area contributed by atoms with E-state index in [4.69, 9.17) is 9.47 Å². The molecule has 0 amide bonds. The van der Waals surface area contributed by atoms with E-state index in [0.29, 0.717) is 60.8 Å². The standard InChI is InChI=1S/C25H28FN3O3/c1-3-31-24(30)10-9-17-7-8-18-15-29(12-11-20(18)25(17)26)22-13-23(32-19-5-4-6-19)28-16(2)21(22)14-27/h7-8,13,19H,3-6,9-12,15H2,1-2H3.